The first-order chi connectivity index (χ1) is 15.4. The van der Waals surface area contributed by atoms with Gasteiger partial charge in [-0.15, -0.1) is 0 Å². The Morgan fingerprint density at radius 3 is 2.91 bits per heavy atom. The van der Waals surface area contributed by atoms with Crippen molar-refractivity contribution in [2.75, 3.05) is 13.2 Å². The molecule has 2 N–H and O–H groups in total. The van der Waals surface area contributed by atoms with Crippen LogP contribution in [-0.2, 0) is 5.60 Å². The molecule has 32 heavy (non-hydrogen) atoms. The van der Waals surface area contributed by atoms with Crippen LogP contribution in [0.2, 0.25) is 0 Å². The van der Waals surface area contributed by atoms with Crippen LogP contribution in [0.5, 0.6) is 5.88 Å². The van der Waals surface area contributed by atoms with E-state index >= 15 is 0 Å². The van der Waals surface area contributed by atoms with Gasteiger partial charge in [-0.1, -0.05) is 29.4 Å². The van der Waals surface area contributed by atoms with Crippen molar-refractivity contribution in [2.45, 2.75) is 25.9 Å². The number of nitro groups is 1. The third-order valence-electron chi connectivity index (χ3n) is 5.48. The number of fused-ring (bicyclic) bond motifs is 1. The van der Waals surface area contributed by atoms with Gasteiger partial charge in [0, 0.05) is 40.8 Å². The number of pyridine rings is 1. The van der Waals surface area contributed by atoms with Crippen molar-refractivity contribution >= 4 is 16.6 Å². The molecule has 0 aliphatic carbocycles. The van der Waals surface area contributed by atoms with Crippen molar-refractivity contribution in [3.8, 4) is 5.88 Å². The first-order valence-corrected chi connectivity index (χ1v) is 10.1. The zero-order valence-electron chi connectivity index (χ0n) is 17.8. The molecule has 0 spiro atoms. The minimum Gasteiger partial charge on any atom is -0.468 e. The number of allylic oxidation sites excluding steroid dienone is 1. The predicted molar refractivity (Wildman–Crippen MR) is 120 cm³/mol. The molecule has 1 aromatic carbocycles. The van der Waals surface area contributed by atoms with Crippen LogP contribution in [0.4, 0.5) is 5.69 Å². The Balaban J connectivity index is 1.92. The number of aromatic nitrogens is 2. The summed E-state index contributed by atoms with van der Waals surface area (Å²) in [5, 5.41) is 27.4. The normalized spacial score (nSPS) is 14.4. The SMILES string of the molecule is C/C=C(/COc1ncccc1[N+](=O)[O-])[C@H](CCN=[N+]=[N-])[C@@](C)(O)c1cc2ccccc2[nH]1. The Hall–Kier alpha value is -3.88. The van der Waals surface area contributed by atoms with Gasteiger partial charge in [-0.25, -0.2) is 4.98 Å². The van der Waals surface area contributed by atoms with Gasteiger partial charge in [0.05, 0.1) is 4.92 Å². The third-order valence-corrected chi connectivity index (χ3v) is 5.48. The smallest absolute Gasteiger partial charge is 0.330 e. The van der Waals surface area contributed by atoms with Crippen LogP contribution >= 0.6 is 0 Å². The van der Waals surface area contributed by atoms with Crippen molar-refractivity contribution < 1.29 is 14.8 Å². The second-order valence-electron chi connectivity index (χ2n) is 7.45. The topological polar surface area (TPSA) is 150 Å². The number of azide groups is 1. The quantitative estimate of drug-likeness (QED) is 0.114. The van der Waals surface area contributed by atoms with E-state index in [4.69, 9.17) is 10.3 Å². The van der Waals surface area contributed by atoms with E-state index in [0.29, 0.717) is 17.7 Å². The van der Waals surface area contributed by atoms with Crippen LogP contribution in [0.3, 0.4) is 0 Å². The summed E-state index contributed by atoms with van der Waals surface area (Å²) in [4.78, 5) is 20.7. The second-order valence-corrected chi connectivity index (χ2v) is 7.45. The van der Waals surface area contributed by atoms with Gasteiger partial charge < -0.3 is 14.8 Å². The molecular formula is C22H24N6O4. The van der Waals surface area contributed by atoms with Gasteiger partial charge in [-0.2, -0.15) is 0 Å². The van der Waals surface area contributed by atoms with Crippen LogP contribution in [0.1, 0.15) is 26.0 Å². The third kappa shape index (κ3) is 4.88. The average molecular weight is 436 g/mol. The molecule has 10 heteroatoms. The minimum absolute atomic E-state index is 0.0222. The maximum atomic E-state index is 11.6. The Bertz CT molecular complexity index is 1150. The summed E-state index contributed by atoms with van der Waals surface area (Å²) < 4.78 is 5.68. The number of benzene rings is 1. The van der Waals surface area contributed by atoms with Crippen LogP contribution in [-0.4, -0.2) is 33.1 Å². The molecule has 0 fully saturated rings. The number of H-pyrrole nitrogens is 1. The number of nitrogens with one attached hydrogen (secondary N) is 1. The summed E-state index contributed by atoms with van der Waals surface area (Å²) in [6.45, 7) is 3.63. The van der Waals surface area contributed by atoms with Gasteiger partial charge in [0.1, 0.15) is 12.2 Å². The highest BCUT2D eigenvalue weighted by atomic mass is 16.6. The van der Waals surface area contributed by atoms with Gasteiger partial charge >= 0.3 is 5.69 Å². The van der Waals surface area contributed by atoms with E-state index in [0.717, 1.165) is 10.9 Å². The van der Waals surface area contributed by atoms with Crippen molar-refractivity contribution in [3.63, 3.8) is 0 Å². The summed E-state index contributed by atoms with van der Waals surface area (Å²) in [5.74, 6) is -0.593. The standard InChI is InChI=1S/C22H24N6O4/c1-3-15(14-32-21-19(28(30)31)9-6-11-24-21)17(10-12-25-27-23)22(2,29)20-13-16-7-4-5-8-18(16)26-20/h3-9,11,13,17,26,29H,10,12,14H2,1-2H3/b15-3-/t17-,22+/m0/s1. The molecule has 0 radical (unpaired) electrons. The number of aromatic amines is 1. The van der Waals surface area contributed by atoms with E-state index in [1.807, 2.05) is 30.3 Å². The molecule has 0 aliphatic rings. The molecule has 2 atom stereocenters. The number of rotatable bonds is 10. The lowest BCUT2D eigenvalue weighted by atomic mass is 9.78. The fourth-order valence-corrected chi connectivity index (χ4v) is 3.76. The molecule has 3 rings (SSSR count). The highest BCUT2D eigenvalue weighted by Gasteiger charge is 2.37. The van der Waals surface area contributed by atoms with Crippen LogP contribution in [0, 0.1) is 16.0 Å². The number of hydrogen-bond donors (Lipinski definition) is 2. The Kier molecular flexibility index (Phi) is 7.09. The molecule has 3 aromatic rings. The lowest BCUT2D eigenvalue weighted by molar-refractivity contribution is -0.386. The number of hydrogen-bond acceptors (Lipinski definition) is 6. The van der Waals surface area contributed by atoms with Crippen LogP contribution in [0.25, 0.3) is 21.3 Å². The molecule has 0 saturated carbocycles. The van der Waals surface area contributed by atoms with E-state index in [1.165, 1.54) is 18.3 Å². The van der Waals surface area contributed by atoms with Crippen LogP contribution < -0.4 is 4.74 Å². The van der Waals surface area contributed by atoms with Crippen LogP contribution in [0.15, 0.2) is 65.4 Å². The molecule has 2 aromatic heterocycles. The fourth-order valence-electron chi connectivity index (χ4n) is 3.76. The van der Waals surface area contributed by atoms with E-state index in [2.05, 4.69) is 20.0 Å². The number of ether oxygens (including phenoxy) is 1. The second kappa shape index (κ2) is 9.95. The number of para-hydroxylation sites is 1. The van der Waals surface area contributed by atoms with Gasteiger partial charge in [-0.3, -0.25) is 10.1 Å². The Labute approximate surface area is 184 Å². The van der Waals surface area contributed by atoms with E-state index in [1.54, 1.807) is 19.9 Å². The molecule has 166 valence electrons. The van der Waals surface area contributed by atoms with E-state index < -0.39 is 16.4 Å². The molecular weight excluding hydrogens is 412 g/mol. The summed E-state index contributed by atoms with van der Waals surface area (Å²) in [7, 11) is 0. The number of aliphatic hydroxyl groups is 1. The summed E-state index contributed by atoms with van der Waals surface area (Å²) in [6, 6.07) is 12.3. The summed E-state index contributed by atoms with van der Waals surface area (Å²) in [5.41, 5.74) is 9.30. The fraction of sp³-hybridized carbons (Fsp3) is 0.318. The molecule has 0 bridgehead atoms. The summed E-state index contributed by atoms with van der Waals surface area (Å²) in [6.07, 6.45) is 3.56. The average Bonchev–Trinajstić information content (AvgIpc) is 3.23. The van der Waals surface area contributed by atoms with E-state index in [-0.39, 0.29) is 24.7 Å². The monoisotopic (exact) mass is 436 g/mol. The van der Waals surface area contributed by atoms with Crippen molar-refractivity contribution in [1.82, 2.24) is 9.97 Å². The molecule has 0 amide bonds. The van der Waals surface area contributed by atoms with E-state index in [9.17, 15) is 15.2 Å². The predicted octanol–water partition coefficient (Wildman–Crippen LogP) is 5.02. The zero-order valence-corrected chi connectivity index (χ0v) is 17.8. The van der Waals surface area contributed by atoms with Gasteiger partial charge in [0.15, 0.2) is 0 Å². The Morgan fingerprint density at radius 1 is 1.44 bits per heavy atom. The zero-order chi connectivity index (χ0) is 23.1. The van der Waals surface area contributed by atoms with Gasteiger partial charge in [-0.05, 0) is 55.0 Å². The first-order valence-electron chi connectivity index (χ1n) is 10.1. The summed E-state index contributed by atoms with van der Waals surface area (Å²) >= 11 is 0. The largest absolute Gasteiger partial charge is 0.468 e. The highest BCUT2D eigenvalue weighted by Crippen LogP contribution is 2.38. The minimum atomic E-state index is -1.36. The van der Waals surface area contributed by atoms with Crippen molar-refractivity contribution in [3.05, 3.63) is 86.6 Å². The molecule has 0 unspecified atom stereocenters. The van der Waals surface area contributed by atoms with Crippen molar-refractivity contribution in [2.24, 2.45) is 11.0 Å². The molecule has 10 nitrogen and oxygen atoms in total. The highest BCUT2D eigenvalue weighted by molar-refractivity contribution is 5.80. The van der Waals surface area contributed by atoms with Gasteiger partial charge in [0.2, 0.25) is 0 Å². The molecule has 2 heterocycles. The lowest BCUT2D eigenvalue weighted by Crippen LogP contribution is -2.35. The Morgan fingerprint density at radius 2 is 2.22 bits per heavy atom. The maximum Gasteiger partial charge on any atom is 0.330 e. The maximum absolute atomic E-state index is 11.6. The number of nitrogens with zero attached hydrogens (tertiary/aromatic N) is 5. The molecule has 0 aliphatic heterocycles. The van der Waals surface area contributed by atoms with Gasteiger partial charge in [0.25, 0.3) is 5.88 Å². The first kappa shape index (κ1) is 22.8. The molecule has 0 saturated heterocycles. The lowest BCUT2D eigenvalue weighted by Gasteiger charge is -2.34. The van der Waals surface area contributed by atoms with Crippen molar-refractivity contribution in [1.29, 1.82) is 0 Å².